The Morgan fingerprint density at radius 3 is 2.88 bits per heavy atom. The number of halogens is 1. The lowest BCUT2D eigenvalue weighted by molar-refractivity contribution is -0.124. The summed E-state index contributed by atoms with van der Waals surface area (Å²) in [5.74, 6) is 0.729. The molecule has 1 aliphatic heterocycles. The third-order valence-electron chi connectivity index (χ3n) is 3.92. The molecule has 1 saturated heterocycles. The molecule has 1 fully saturated rings. The van der Waals surface area contributed by atoms with E-state index in [0.29, 0.717) is 13.2 Å². The van der Waals surface area contributed by atoms with E-state index in [1.165, 1.54) is 0 Å². The highest BCUT2D eigenvalue weighted by molar-refractivity contribution is 14.0. The lowest BCUT2D eigenvalue weighted by atomic mass is 10.2. The fraction of sp³-hybridized carbons (Fsp3) is 0.556. The minimum atomic E-state index is -0.312. The second-order valence-corrected chi connectivity index (χ2v) is 5.90. The lowest BCUT2D eigenvalue weighted by Crippen LogP contribution is -2.37. The molecule has 0 bridgehead atoms. The van der Waals surface area contributed by atoms with Crippen molar-refractivity contribution in [3.63, 3.8) is 0 Å². The average Bonchev–Trinajstić information content (AvgIpc) is 3.13. The summed E-state index contributed by atoms with van der Waals surface area (Å²) in [6, 6.07) is 7.83. The maximum absolute atomic E-state index is 12.1. The molecule has 1 amide bonds. The van der Waals surface area contributed by atoms with Gasteiger partial charge >= 0.3 is 0 Å². The van der Waals surface area contributed by atoms with E-state index >= 15 is 0 Å². The van der Waals surface area contributed by atoms with Crippen molar-refractivity contribution in [3.8, 4) is 0 Å². The van der Waals surface area contributed by atoms with Crippen LogP contribution in [0.25, 0.3) is 0 Å². The number of hydrogen-bond donors (Lipinski definition) is 3. The van der Waals surface area contributed by atoms with Crippen molar-refractivity contribution >= 4 is 41.5 Å². The molecule has 0 aromatic heterocycles. The Kier molecular flexibility index (Phi) is 10.5. The number of rotatable bonds is 7. The Labute approximate surface area is 167 Å². The predicted molar refractivity (Wildman–Crippen MR) is 113 cm³/mol. The van der Waals surface area contributed by atoms with Gasteiger partial charge in [0.05, 0.1) is 0 Å². The summed E-state index contributed by atoms with van der Waals surface area (Å²) >= 11 is 0. The molecule has 1 aliphatic rings. The summed E-state index contributed by atoms with van der Waals surface area (Å²) in [5.41, 5.74) is 1.88. The van der Waals surface area contributed by atoms with Gasteiger partial charge in [0, 0.05) is 32.4 Å². The molecule has 0 spiro atoms. The zero-order valence-corrected chi connectivity index (χ0v) is 17.3. The van der Waals surface area contributed by atoms with E-state index in [9.17, 15) is 4.79 Å². The molecule has 7 heteroatoms. The number of unbranched alkanes of at least 4 members (excludes halogenated alkanes) is 1. The number of benzene rings is 1. The van der Waals surface area contributed by atoms with Crippen molar-refractivity contribution in [2.45, 2.75) is 45.3 Å². The molecule has 1 aromatic carbocycles. The van der Waals surface area contributed by atoms with Gasteiger partial charge in [0.2, 0.25) is 0 Å². The molecule has 1 aromatic rings. The molecule has 3 N–H and O–H groups in total. The lowest BCUT2D eigenvalue weighted by Gasteiger charge is -2.13. The van der Waals surface area contributed by atoms with Crippen LogP contribution in [0.4, 0.5) is 5.69 Å². The highest BCUT2D eigenvalue weighted by Crippen LogP contribution is 2.16. The zero-order valence-electron chi connectivity index (χ0n) is 15.0. The van der Waals surface area contributed by atoms with E-state index in [-0.39, 0.29) is 36.0 Å². The topological polar surface area (TPSA) is 74.8 Å². The summed E-state index contributed by atoms with van der Waals surface area (Å²) in [6.07, 6.45) is 3.70. The van der Waals surface area contributed by atoms with Crippen molar-refractivity contribution in [2.75, 3.05) is 25.5 Å². The minimum Gasteiger partial charge on any atom is -0.368 e. The molecule has 6 nitrogen and oxygen atoms in total. The monoisotopic (exact) mass is 460 g/mol. The minimum absolute atomic E-state index is 0. The van der Waals surface area contributed by atoms with Gasteiger partial charge in [0.1, 0.15) is 6.10 Å². The number of nitrogens with zero attached hydrogens (tertiary/aromatic N) is 1. The summed E-state index contributed by atoms with van der Waals surface area (Å²) < 4.78 is 5.41. The van der Waals surface area contributed by atoms with Crippen LogP contribution in [0, 0.1) is 0 Å². The van der Waals surface area contributed by atoms with Crippen molar-refractivity contribution in [3.05, 3.63) is 29.8 Å². The molecule has 0 radical (unpaired) electrons. The fourth-order valence-corrected chi connectivity index (χ4v) is 2.56. The van der Waals surface area contributed by atoms with Gasteiger partial charge in [-0.3, -0.25) is 9.79 Å². The number of aliphatic imine (C=N–C) groups is 1. The van der Waals surface area contributed by atoms with Crippen LogP contribution >= 0.6 is 24.0 Å². The van der Waals surface area contributed by atoms with Gasteiger partial charge in [-0.25, -0.2) is 0 Å². The smallest absolute Gasteiger partial charge is 0.253 e. The fourth-order valence-electron chi connectivity index (χ4n) is 2.56. The van der Waals surface area contributed by atoms with E-state index in [1.807, 2.05) is 24.3 Å². The molecule has 1 unspecified atom stereocenters. The molecule has 0 aliphatic carbocycles. The number of ether oxygens (including phenoxy) is 1. The van der Waals surface area contributed by atoms with Crippen molar-refractivity contribution in [1.29, 1.82) is 0 Å². The molecular weight excluding hydrogens is 431 g/mol. The van der Waals surface area contributed by atoms with Gasteiger partial charge in [0.15, 0.2) is 5.96 Å². The normalized spacial score (nSPS) is 16.9. The van der Waals surface area contributed by atoms with E-state index in [1.54, 1.807) is 7.05 Å². The SMILES string of the molecule is CCCCNC(=NC)NCc1cccc(NC(=O)C2CCCO2)c1.I. The van der Waals surface area contributed by atoms with Gasteiger partial charge in [0.25, 0.3) is 5.91 Å². The van der Waals surface area contributed by atoms with E-state index in [4.69, 9.17) is 4.74 Å². The van der Waals surface area contributed by atoms with Gasteiger partial charge < -0.3 is 20.7 Å². The highest BCUT2D eigenvalue weighted by atomic mass is 127. The van der Waals surface area contributed by atoms with Crippen LogP contribution in [0.3, 0.4) is 0 Å². The first-order chi connectivity index (χ1) is 11.7. The van der Waals surface area contributed by atoms with Gasteiger partial charge in [-0.1, -0.05) is 25.5 Å². The number of nitrogens with one attached hydrogen (secondary N) is 3. The average molecular weight is 460 g/mol. The van der Waals surface area contributed by atoms with E-state index in [0.717, 1.165) is 49.4 Å². The van der Waals surface area contributed by atoms with Crippen molar-refractivity contribution < 1.29 is 9.53 Å². The molecular formula is C18H29IN4O2. The summed E-state index contributed by atoms with van der Waals surface area (Å²) in [5, 5.41) is 9.49. The van der Waals surface area contributed by atoms with Crippen molar-refractivity contribution in [1.82, 2.24) is 10.6 Å². The third-order valence-corrected chi connectivity index (χ3v) is 3.92. The number of hydrogen-bond acceptors (Lipinski definition) is 3. The van der Waals surface area contributed by atoms with Crippen LogP contribution in [0.2, 0.25) is 0 Å². The zero-order chi connectivity index (χ0) is 17.2. The second-order valence-electron chi connectivity index (χ2n) is 5.90. The Bertz CT molecular complexity index is 560. The van der Waals surface area contributed by atoms with Crippen molar-refractivity contribution in [2.24, 2.45) is 4.99 Å². The Morgan fingerprint density at radius 2 is 2.20 bits per heavy atom. The first kappa shape index (κ1) is 21.7. The second kappa shape index (κ2) is 12.1. The molecule has 2 rings (SSSR count). The van der Waals surface area contributed by atoms with Crippen LogP contribution in [0.5, 0.6) is 0 Å². The highest BCUT2D eigenvalue weighted by Gasteiger charge is 2.23. The first-order valence-corrected chi connectivity index (χ1v) is 8.69. The maximum Gasteiger partial charge on any atom is 0.253 e. The molecule has 1 atom stereocenters. The Morgan fingerprint density at radius 1 is 1.36 bits per heavy atom. The molecule has 25 heavy (non-hydrogen) atoms. The number of guanidine groups is 1. The number of carbonyl (C=O) groups excluding carboxylic acids is 1. The van der Waals surface area contributed by atoms with Crippen LogP contribution < -0.4 is 16.0 Å². The molecule has 0 saturated carbocycles. The Balaban J connectivity index is 0.00000312. The number of carbonyl (C=O) groups is 1. The maximum atomic E-state index is 12.1. The summed E-state index contributed by atoms with van der Waals surface area (Å²) in [6.45, 7) is 4.39. The number of anilines is 1. The van der Waals surface area contributed by atoms with Gasteiger partial charge in [-0.05, 0) is 37.0 Å². The van der Waals surface area contributed by atoms with Crippen LogP contribution in [-0.2, 0) is 16.1 Å². The number of amides is 1. The first-order valence-electron chi connectivity index (χ1n) is 8.69. The standard InChI is InChI=1S/C18H28N4O2.HI/c1-3-4-10-20-18(19-2)21-13-14-7-5-8-15(12-14)22-17(23)16-9-6-11-24-16;/h5,7-8,12,16H,3-4,6,9-11,13H2,1-2H3,(H,22,23)(H2,19,20,21);1H. The third kappa shape index (κ3) is 7.60. The van der Waals surface area contributed by atoms with Gasteiger partial charge in [-0.15, -0.1) is 24.0 Å². The van der Waals surface area contributed by atoms with Crippen LogP contribution in [0.1, 0.15) is 38.2 Å². The predicted octanol–water partition coefficient (Wildman–Crippen LogP) is 2.89. The van der Waals surface area contributed by atoms with E-state index < -0.39 is 0 Å². The molecule has 140 valence electrons. The van der Waals surface area contributed by atoms with Crippen LogP contribution in [0.15, 0.2) is 29.3 Å². The summed E-state index contributed by atoms with van der Waals surface area (Å²) in [4.78, 5) is 16.3. The summed E-state index contributed by atoms with van der Waals surface area (Å²) in [7, 11) is 1.76. The quantitative estimate of drug-likeness (QED) is 0.253. The molecule has 1 heterocycles. The van der Waals surface area contributed by atoms with E-state index in [2.05, 4.69) is 27.9 Å². The van der Waals surface area contributed by atoms with Crippen LogP contribution in [-0.4, -0.2) is 38.2 Å². The largest absolute Gasteiger partial charge is 0.368 e. The Hall–Kier alpha value is -1.35. The van der Waals surface area contributed by atoms with Gasteiger partial charge in [-0.2, -0.15) is 0 Å².